The van der Waals surface area contributed by atoms with Crippen LogP contribution in [-0.4, -0.2) is 17.8 Å². The summed E-state index contributed by atoms with van der Waals surface area (Å²) >= 11 is 1.79. The summed E-state index contributed by atoms with van der Waals surface area (Å²) in [7, 11) is 0. The molecule has 92 valence electrons. The van der Waals surface area contributed by atoms with Gasteiger partial charge < -0.3 is 10.4 Å². The molecule has 2 rings (SSSR count). The van der Waals surface area contributed by atoms with Crippen molar-refractivity contribution in [2.75, 3.05) is 6.61 Å². The molecule has 0 aliphatic rings. The van der Waals surface area contributed by atoms with Crippen LogP contribution in [-0.2, 0) is 6.54 Å². The van der Waals surface area contributed by atoms with Gasteiger partial charge in [-0.25, -0.2) is 0 Å². The van der Waals surface area contributed by atoms with E-state index in [0.717, 1.165) is 6.54 Å². The first kappa shape index (κ1) is 12.6. The number of aliphatic hydroxyl groups is 1. The Hall–Kier alpha value is -0.900. The van der Waals surface area contributed by atoms with E-state index >= 15 is 0 Å². The topological polar surface area (TPSA) is 32.3 Å². The third kappa shape index (κ3) is 2.86. The van der Waals surface area contributed by atoms with E-state index in [0.29, 0.717) is 12.0 Å². The second-order valence-corrected chi connectivity index (χ2v) is 5.50. The summed E-state index contributed by atoms with van der Waals surface area (Å²) in [4.78, 5) is 0. The van der Waals surface area contributed by atoms with Crippen LogP contribution in [0.4, 0.5) is 0 Å². The summed E-state index contributed by atoms with van der Waals surface area (Å²) in [5, 5.41) is 16.1. The van der Waals surface area contributed by atoms with E-state index < -0.39 is 0 Å². The number of benzene rings is 1. The summed E-state index contributed by atoms with van der Waals surface area (Å²) in [6.45, 7) is 5.28. The molecule has 0 fully saturated rings. The molecule has 1 aromatic heterocycles. The van der Waals surface area contributed by atoms with Gasteiger partial charge in [0.15, 0.2) is 0 Å². The Morgan fingerprint density at radius 2 is 2.06 bits per heavy atom. The van der Waals surface area contributed by atoms with Gasteiger partial charge in [-0.2, -0.15) is 0 Å². The molecule has 2 aromatic rings. The number of thiophene rings is 1. The SMILES string of the molecule is CC(CO)C(C)NCc1csc2ccccc12. The van der Waals surface area contributed by atoms with Crippen LogP contribution in [0, 0.1) is 5.92 Å². The van der Waals surface area contributed by atoms with Gasteiger partial charge in [0.2, 0.25) is 0 Å². The van der Waals surface area contributed by atoms with E-state index in [-0.39, 0.29) is 6.61 Å². The van der Waals surface area contributed by atoms with Crippen molar-refractivity contribution in [2.45, 2.75) is 26.4 Å². The van der Waals surface area contributed by atoms with Gasteiger partial charge in [-0.05, 0) is 35.2 Å². The van der Waals surface area contributed by atoms with Crippen LogP contribution in [0.5, 0.6) is 0 Å². The van der Waals surface area contributed by atoms with Crippen LogP contribution >= 0.6 is 11.3 Å². The molecule has 2 atom stereocenters. The molecular weight excluding hydrogens is 230 g/mol. The Morgan fingerprint density at radius 3 is 2.82 bits per heavy atom. The highest BCUT2D eigenvalue weighted by atomic mass is 32.1. The second-order valence-electron chi connectivity index (χ2n) is 4.59. The Labute approximate surface area is 106 Å². The molecule has 3 heteroatoms. The average Bonchev–Trinajstić information content (AvgIpc) is 2.78. The van der Waals surface area contributed by atoms with Crippen molar-refractivity contribution in [1.82, 2.24) is 5.32 Å². The minimum Gasteiger partial charge on any atom is -0.396 e. The molecule has 0 radical (unpaired) electrons. The van der Waals surface area contributed by atoms with E-state index in [1.54, 1.807) is 11.3 Å². The summed E-state index contributed by atoms with van der Waals surface area (Å²) in [5.41, 5.74) is 1.35. The molecular formula is C14H19NOS. The summed E-state index contributed by atoms with van der Waals surface area (Å²) in [5.74, 6) is 0.292. The number of hydrogen-bond acceptors (Lipinski definition) is 3. The minimum absolute atomic E-state index is 0.235. The van der Waals surface area contributed by atoms with Crippen LogP contribution in [0.2, 0.25) is 0 Å². The third-order valence-electron chi connectivity index (χ3n) is 3.32. The van der Waals surface area contributed by atoms with Gasteiger partial charge in [0.25, 0.3) is 0 Å². The maximum absolute atomic E-state index is 9.10. The first-order valence-electron chi connectivity index (χ1n) is 6.01. The zero-order chi connectivity index (χ0) is 12.3. The van der Waals surface area contributed by atoms with Crippen molar-refractivity contribution in [3.05, 3.63) is 35.2 Å². The lowest BCUT2D eigenvalue weighted by Crippen LogP contribution is -2.33. The van der Waals surface area contributed by atoms with Crippen molar-refractivity contribution in [1.29, 1.82) is 0 Å². The van der Waals surface area contributed by atoms with Crippen molar-refractivity contribution in [3.8, 4) is 0 Å². The average molecular weight is 249 g/mol. The van der Waals surface area contributed by atoms with Crippen molar-refractivity contribution in [2.24, 2.45) is 5.92 Å². The Bertz CT molecular complexity index is 480. The number of hydrogen-bond donors (Lipinski definition) is 2. The van der Waals surface area contributed by atoms with Crippen LogP contribution in [0.3, 0.4) is 0 Å². The summed E-state index contributed by atoms with van der Waals surface area (Å²) < 4.78 is 1.34. The third-order valence-corrected chi connectivity index (χ3v) is 4.33. The zero-order valence-corrected chi connectivity index (χ0v) is 11.1. The van der Waals surface area contributed by atoms with Crippen LogP contribution in [0.15, 0.2) is 29.6 Å². The Balaban J connectivity index is 2.04. The van der Waals surface area contributed by atoms with Crippen molar-refractivity contribution in [3.63, 3.8) is 0 Å². The number of rotatable bonds is 5. The number of aliphatic hydroxyl groups excluding tert-OH is 1. The van der Waals surface area contributed by atoms with E-state index in [2.05, 4.69) is 48.8 Å². The fourth-order valence-electron chi connectivity index (χ4n) is 1.80. The highest BCUT2D eigenvalue weighted by Crippen LogP contribution is 2.25. The van der Waals surface area contributed by atoms with E-state index in [4.69, 9.17) is 5.11 Å². The molecule has 0 aliphatic heterocycles. The molecule has 2 nitrogen and oxygen atoms in total. The molecule has 0 aliphatic carbocycles. The van der Waals surface area contributed by atoms with Gasteiger partial charge >= 0.3 is 0 Å². The molecule has 0 amide bonds. The monoisotopic (exact) mass is 249 g/mol. The molecule has 0 spiro atoms. The zero-order valence-electron chi connectivity index (χ0n) is 10.3. The first-order chi connectivity index (χ1) is 8.22. The fourth-order valence-corrected chi connectivity index (χ4v) is 2.76. The summed E-state index contributed by atoms with van der Waals surface area (Å²) in [6.07, 6.45) is 0. The van der Waals surface area contributed by atoms with Crippen LogP contribution in [0.1, 0.15) is 19.4 Å². The maximum Gasteiger partial charge on any atom is 0.0471 e. The van der Waals surface area contributed by atoms with Gasteiger partial charge in [0, 0.05) is 23.9 Å². The number of fused-ring (bicyclic) bond motifs is 1. The lowest BCUT2D eigenvalue weighted by atomic mass is 10.0. The van der Waals surface area contributed by atoms with Gasteiger partial charge in [-0.15, -0.1) is 11.3 Å². The highest BCUT2D eigenvalue weighted by molar-refractivity contribution is 7.17. The van der Waals surface area contributed by atoms with Gasteiger partial charge in [0.1, 0.15) is 0 Å². The molecule has 2 unspecified atom stereocenters. The second kappa shape index (κ2) is 5.63. The quantitative estimate of drug-likeness (QED) is 0.853. The van der Waals surface area contributed by atoms with Crippen LogP contribution < -0.4 is 5.32 Å². The molecule has 0 bridgehead atoms. The van der Waals surface area contributed by atoms with Crippen molar-refractivity contribution >= 4 is 21.4 Å². The smallest absolute Gasteiger partial charge is 0.0471 e. The van der Waals surface area contributed by atoms with E-state index in [1.165, 1.54) is 15.6 Å². The molecule has 2 N–H and O–H groups in total. The Kier molecular flexibility index (Phi) is 4.15. The maximum atomic E-state index is 9.10. The van der Waals surface area contributed by atoms with Gasteiger partial charge in [0.05, 0.1) is 0 Å². The lowest BCUT2D eigenvalue weighted by molar-refractivity contribution is 0.207. The highest BCUT2D eigenvalue weighted by Gasteiger charge is 2.11. The molecule has 1 aromatic carbocycles. The molecule has 0 saturated carbocycles. The largest absolute Gasteiger partial charge is 0.396 e. The summed E-state index contributed by atoms with van der Waals surface area (Å²) in [6, 6.07) is 8.82. The van der Waals surface area contributed by atoms with Crippen molar-refractivity contribution < 1.29 is 5.11 Å². The standard InChI is InChI=1S/C14H19NOS/c1-10(8-16)11(2)15-7-12-9-17-14-6-4-3-5-13(12)14/h3-6,9-11,15-16H,7-8H2,1-2H3. The predicted molar refractivity (Wildman–Crippen MR) is 74.4 cm³/mol. The van der Waals surface area contributed by atoms with Gasteiger partial charge in [-0.3, -0.25) is 0 Å². The van der Waals surface area contributed by atoms with Gasteiger partial charge in [-0.1, -0.05) is 25.1 Å². The molecule has 0 saturated heterocycles. The van der Waals surface area contributed by atoms with E-state index in [1.807, 2.05) is 0 Å². The normalized spacial score (nSPS) is 15.0. The lowest BCUT2D eigenvalue weighted by Gasteiger charge is -2.19. The van der Waals surface area contributed by atoms with Crippen LogP contribution in [0.25, 0.3) is 10.1 Å². The number of nitrogens with one attached hydrogen (secondary N) is 1. The first-order valence-corrected chi connectivity index (χ1v) is 6.89. The fraction of sp³-hybridized carbons (Fsp3) is 0.429. The Morgan fingerprint density at radius 1 is 1.29 bits per heavy atom. The molecule has 1 heterocycles. The minimum atomic E-state index is 0.235. The molecule has 17 heavy (non-hydrogen) atoms. The van der Waals surface area contributed by atoms with E-state index in [9.17, 15) is 0 Å². The predicted octanol–water partition coefficient (Wildman–Crippen LogP) is 3.01.